The van der Waals surface area contributed by atoms with E-state index in [1.807, 2.05) is 13.2 Å². The van der Waals surface area contributed by atoms with Crippen LogP contribution in [0.15, 0.2) is 30.5 Å². The van der Waals surface area contributed by atoms with Crippen LogP contribution < -0.4 is 5.73 Å². The van der Waals surface area contributed by atoms with Gasteiger partial charge in [-0.05, 0) is 43.1 Å². The van der Waals surface area contributed by atoms with Gasteiger partial charge in [-0.2, -0.15) is 5.10 Å². The van der Waals surface area contributed by atoms with Gasteiger partial charge in [0, 0.05) is 19.2 Å². The van der Waals surface area contributed by atoms with Crippen LogP contribution in [0, 0.1) is 0 Å². The standard InChI is InChI=1S/C15H20N4/c1-18-15(16)14(10-17-18)13-6-4-5-12(9-13)11-19-7-2-3-8-19/h4-6,9-10H,2-3,7-8,11,16H2,1H3. The first-order valence-electron chi connectivity index (χ1n) is 6.83. The molecule has 2 N–H and O–H groups in total. The summed E-state index contributed by atoms with van der Waals surface area (Å²) in [5.74, 6) is 0.721. The molecule has 0 amide bonds. The van der Waals surface area contributed by atoms with Crippen molar-refractivity contribution < 1.29 is 0 Å². The number of rotatable bonds is 3. The lowest BCUT2D eigenvalue weighted by molar-refractivity contribution is 0.331. The van der Waals surface area contributed by atoms with Gasteiger partial charge in [0.1, 0.15) is 5.82 Å². The molecule has 0 saturated carbocycles. The van der Waals surface area contributed by atoms with Crippen LogP contribution in [-0.4, -0.2) is 27.8 Å². The summed E-state index contributed by atoms with van der Waals surface area (Å²) < 4.78 is 1.71. The zero-order valence-electron chi connectivity index (χ0n) is 11.3. The smallest absolute Gasteiger partial charge is 0.129 e. The highest BCUT2D eigenvalue weighted by molar-refractivity contribution is 5.73. The minimum absolute atomic E-state index is 0.721. The lowest BCUT2D eigenvalue weighted by Crippen LogP contribution is -2.18. The summed E-state index contributed by atoms with van der Waals surface area (Å²) in [4.78, 5) is 2.51. The van der Waals surface area contributed by atoms with Crippen LogP contribution in [0.25, 0.3) is 11.1 Å². The molecule has 1 aromatic carbocycles. The summed E-state index contributed by atoms with van der Waals surface area (Å²) >= 11 is 0. The van der Waals surface area contributed by atoms with E-state index in [4.69, 9.17) is 5.73 Å². The molecule has 100 valence electrons. The first kappa shape index (κ1) is 12.2. The number of anilines is 1. The van der Waals surface area contributed by atoms with Gasteiger partial charge in [-0.15, -0.1) is 0 Å². The number of hydrogen-bond donors (Lipinski definition) is 1. The molecular weight excluding hydrogens is 236 g/mol. The number of hydrogen-bond acceptors (Lipinski definition) is 3. The fourth-order valence-corrected chi connectivity index (χ4v) is 2.71. The van der Waals surface area contributed by atoms with Gasteiger partial charge < -0.3 is 5.73 Å². The Morgan fingerprint density at radius 1 is 1.26 bits per heavy atom. The molecular formula is C15H20N4. The molecule has 1 aliphatic heterocycles. The third kappa shape index (κ3) is 2.49. The second kappa shape index (κ2) is 5.05. The van der Waals surface area contributed by atoms with Gasteiger partial charge in [0.25, 0.3) is 0 Å². The van der Waals surface area contributed by atoms with Crippen LogP contribution in [0.1, 0.15) is 18.4 Å². The van der Waals surface area contributed by atoms with Crippen LogP contribution in [0.3, 0.4) is 0 Å². The van der Waals surface area contributed by atoms with Gasteiger partial charge in [-0.3, -0.25) is 9.58 Å². The Bertz CT molecular complexity index is 567. The molecule has 2 heterocycles. The lowest BCUT2D eigenvalue weighted by atomic mass is 10.1. The molecule has 19 heavy (non-hydrogen) atoms. The van der Waals surface area contributed by atoms with E-state index in [-0.39, 0.29) is 0 Å². The maximum absolute atomic E-state index is 6.04. The van der Waals surface area contributed by atoms with E-state index in [0.29, 0.717) is 0 Å². The van der Waals surface area contributed by atoms with Crippen molar-refractivity contribution in [3.63, 3.8) is 0 Å². The van der Waals surface area contributed by atoms with Gasteiger partial charge in [0.15, 0.2) is 0 Å². The molecule has 4 nitrogen and oxygen atoms in total. The number of benzene rings is 1. The molecule has 1 aromatic heterocycles. The van der Waals surface area contributed by atoms with Crippen molar-refractivity contribution in [3.8, 4) is 11.1 Å². The predicted molar refractivity (Wildman–Crippen MR) is 77.6 cm³/mol. The van der Waals surface area contributed by atoms with Crippen molar-refractivity contribution in [1.82, 2.24) is 14.7 Å². The van der Waals surface area contributed by atoms with Gasteiger partial charge in [0.2, 0.25) is 0 Å². The first-order valence-corrected chi connectivity index (χ1v) is 6.83. The Morgan fingerprint density at radius 2 is 2.05 bits per heavy atom. The molecule has 4 heteroatoms. The SMILES string of the molecule is Cn1ncc(-c2cccc(CN3CCCC3)c2)c1N. The second-order valence-corrected chi connectivity index (χ2v) is 5.25. The first-order chi connectivity index (χ1) is 9.24. The molecule has 0 atom stereocenters. The topological polar surface area (TPSA) is 47.1 Å². The molecule has 0 aliphatic carbocycles. The Morgan fingerprint density at radius 3 is 2.74 bits per heavy atom. The Kier molecular flexibility index (Phi) is 3.25. The summed E-state index contributed by atoms with van der Waals surface area (Å²) in [6.07, 6.45) is 4.49. The average Bonchev–Trinajstić information content (AvgIpc) is 3.02. The van der Waals surface area contributed by atoms with E-state index in [9.17, 15) is 0 Å². The number of nitrogens with zero attached hydrogens (tertiary/aromatic N) is 3. The van der Waals surface area contributed by atoms with Gasteiger partial charge in [-0.25, -0.2) is 0 Å². The third-order valence-corrected chi connectivity index (χ3v) is 3.83. The van der Waals surface area contributed by atoms with Crippen LogP contribution >= 0.6 is 0 Å². The van der Waals surface area contributed by atoms with Gasteiger partial charge in [-0.1, -0.05) is 18.2 Å². The zero-order chi connectivity index (χ0) is 13.2. The summed E-state index contributed by atoms with van der Waals surface area (Å²) in [7, 11) is 1.87. The third-order valence-electron chi connectivity index (χ3n) is 3.83. The fourth-order valence-electron chi connectivity index (χ4n) is 2.71. The molecule has 2 aromatic rings. The van der Waals surface area contributed by atoms with Crippen molar-refractivity contribution in [2.75, 3.05) is 18.8 Å². The average molecular weight is 256 g/mol. The predicted octanol–water partition coefficient (Wildman–Crippen LogP) is 2.27. The van der Waals surface area contributed by atoms with Crippen LogP contribution in [0.2, 0.25) is 0 Å². The van der Waals surface area contributed by atoms with Crippen molar-refractivity contribution in [1.29, 1.82) is 0 Å². The van der Waals surface area contributed by atoms with E-state index in [0.717, 1.165) is 23.5 Å². The molecule has 3 rings (SSSR count). The number of aromatic nitrogens is 2. The maximum Gasteiger partial charge on any atom is 0.129 e. The Hall–Kier alpha value is -1.81. The quantitative estimate of drug-likeness (QED) is 0.916. The minimum Gasteiger partial charge on any atom is -0.383 e. The van der Waals surface area contributed by atoms with E-state index in [1.165, 1.54) is 31.5 Å². The van der Waals surface area contributed by atoms with Crippen LogP contribution in [-0.2, 0) is 13.6 Å². The molecule has 1 aliphatic rings. The molecule has 0 radical (unpaired) electrons. The molecule has 1 saturated heterocycles. The van der Waals surface area contributed by atoms with Crippen LogP contribution in [0.4, 0.5) is 5.82 Å². The monoisotopic (exact) mass is 256 g/mol. The Labute approximate surface area is 113 Å². The molecule has 0 unspecified atom stereocenters. The number of nitrogen functional groups attached to an aromatic ring is 1. The Balaban J connectivity index is 1.85. The molecule has 0 spiro atoms. The summed E-state index contributed by atoms with van der Waals surface area (Å²) in [6.45, 7) is 3.48. The van der Waals surface area contributed by atoms with Crippen LogP contribution in [0.5, 0.6) is 0 Å². The molecule has 1 fully saturated rings. The zero-order valence-corrected chi connectivity index (χ0v) is 11.3. The van der Waals surface area contributed by atoms with Crippen molar-refractivity contribution in [2.24, 2.45) is 7.05 Å². The normalized spacial score (nSPS) is 16.1. The van der Waals surface area contributed by atoms with Crippen molar-refractivity contribution in [2.45, 2.75) is 19.4 Å². The second-order valence-electron chi connectivity index (χ2n) is 5.25. The highest BCUT2D eigenvalue weighted by Gasteiger charge is 2.13. The lowest BCUT2D eigenvalue weighted by Gasteiger charge is -2.15. The van der Waals surface area contributed by atoms with Crippen molar-refractivity contribution >= 4 is 5.82 Å². The van der Waals surface area contributed by atoms with Crippen molar-refractivity contribution in [3.05, 3.63) is 36.0 Å². The highest BCUT2D eigenvalue weighted by Crippen LogP contribution is 2.26. The van der Waals surface area contributed by atoms with E-state index < -0.39 is 0 Å². The minimum atomic E-state index is 0.721. The van der Waals surface area contributed by atoms with E-state index >= 15 is 0 Å². The summed E-state index contributed by atoms with van der Waals surface area (Å²) in [5.41, 5.74) is 9.56. The fraction of sp³-hybridized carbons (Fsp3) is 0.400. The summed E-state index contributed by atoms with van der Waals surface area (Å²) in [5, 5.41) is 4.21. The largest absolute Gasteiger partial charge is 0.383 e. The van der Waals surface area contributed by atoms with E-state index in [1.54, 1.807) is 4.68 Å². The number of aryl methyl sites for hydroxylation is 1. The summed E-state index contributed by atoms with van der Waals surface area (Å²) in [6, 6.07) is 8.62. The van der Waals surface area contributed by atoms with Gasteiger partial charge >= 0.3 is 0 Å². The van der Waals surface area contributed by atoms with Gasteiger partial charge in [0.05, 0.1) is 6.20 Å². The molecule has 0 bridgehead atoms. The van der Waals surface area contributed by atoms with E-state index in [2.05, 4.69) is 34.3 Å². The number of likely N-dealkylation sites (tertiary alicyclic amines) is 1. The maximum atomic E-state index is 6.04. The number of nitrogens with two attached hydrogens (primary N) is 1. The highest BCUT2D eigenvalue weighted by atomic mass is 15.3.